The van der Waals surface area contributed by atoms with Gasteiger partial charge in [-0.1, -0.05) is 79.1 Å². The number of aromatic nitrogens is 4. The van der Waals surface area contributed by atoms with E-state index in [9.17, 15) is 9.59 Å². The first kappa shape index (κ1) is 50.0. The summed E-state index contributed by atoms with van der Waals surface area (Å²) in [6.07, 6.45) is 17.1. The number of benzene rings is 1. The number of nitrogens with zero attached hydrogens (tertiary/aromatic N) is 4. The highest BCUT2D eigenvalue weighted by Crippen LogP contribution is 2.54. The number of carbonyl (C=O) groups is 2. The molecule has 0 N–H and O–H groups in total. The lowest BCUT2D eigenvalue weighted by molar-refractivity contribution is 0.111. The van der Waals surface area contributed by atoms with Crippen LogP contribution < -0.4 is 0 Å². The SMILES string of the molecule is CCCCC(CC)Cc1ccc(-c2c3nc(-c4ccc(-c5ccc(-c6ncc(C=O)s6)s5)s4)sc3c(-c3ccc(CC(CC)CCCC)s3)c3nc(-c4ccc(-c5ccc(-c6ncc(C=O)s6)s5)s4)sc23)s1. The maximum absolute atomic E-state index is 11.4. The van der Waals surface area contributed by atoms with Crippen molar-refractivity contribution in [3.05, 3.63) is 105 Å². The van der Waals surface area contributed by atoms with Crippen LogP contribution in [0.25, 0.3) is 100 Å². The van der Waals surface area contributed by atoms with E-state index in [0.29, 0.717) is 21.6 Å². The summed E-state index contributed by atoms with van der Waals surface area (Å²) >= 11 is 17.4. The zero-order valence-corrected chi connectivity index (χ0v) is 48.3. The van der Waals surface area contributed by atoms with Gasteiger partial charge >= 0.3 is 0 Å². The van der Waals surface area contributed by atoms with E-state index in [1.807, 2.05) is 45.3 Å². The Balaban J connectivity index is 1.05. The van der Waals surface area contributed by atoms with Gasteiger partial charge in [-0.3, -0.25) is 9.59 Å². The van der Waals surface area contributed by atoms with Crippen molar-refractivity contribution in [2.75, 3.05) is 0 Å². The van der Waals surface area contributed by atoms with Gasteiger partial charge in [-0.15, -0.1) is 113 Å². The second kappa shape index (κ2) is 22.3. The largest absolute Gasteiger partial charge is 0.297 e. The molecule has 11 rings (SSSR count). The smallest absolute Gasteiger partial charge is 0.161 e. The minimum Gasteiger partial charge on any atom is -0.297 e. The Labute approximate surface area is 459 Å². The highest BCUT2D eigenvalue weighted by atomic mass is 32.1. The Morgan fingerprint density at radius 1 is 0.417 bits per heavy atom. The fourth-order valence-corrected chi connectivity index (χ4v) is 19.8. The molecule has 1 aromatic carbocycles. The molecule has 0 amide bonds. The molecule has 6 nitrogen and oxygen atoms in total. The molecule has 10 heterocycles. The lowest BCUT2D eigenvalue weighted by Crippen LogP contribution is -2.01. The fraction of sp³-hybridized carbons (Fsp3) is 0.286. The summed E-state index contributed by atoms with van der Waals surface area (Å²) in [5, 5.41) is 3.80. The Bertz CT molecular complexity index is 3360. The standard InChI is InChI=1S/C56H50N4O2S10/c1-5-9-11-31(7-3)25-33-13-15-41(63-33)47-49-52(72-55(59-49)45-23-19-39(69-45)37-17-21-43(67-37)53-57-27-35(29-61)65-53)48(42-16-14-34(64-42)26-32(8-4)12-10-6-2)50-51(47)71-56(60-50)46-24-20-40(70-46)38-18-22-44(68-38)54-58-28-36(30-62)66-54/h13-24,27-32H,5-12,25-26H2,1-4H3. The van der Waals surface area contributed by atoms with Crippen molar-refractivity contribution in [1.82, 2.24) is 19.9 Å². The average molecular weight is 1130 g/mol. The van der Waals surface area contributed by atoms with E-state index in [4.69, 9.17) is 9.97 Å². The third-order valence-corrected chi connectivity index (χ3v) is 24.7. The minimum absolute atomic E-state index is 0.639. The van der Waals surface area contributed by atoms with Crippen molar-refractivity contribution in [3.8, 4) is 79.9 Å². The Kier molecular flexibility index (Phi) is 15.5. The summed E-state index contributed by atoms with van der Waals surface area (Å²) in [6, 6.07) is 27.0. The maximum Gasteiger partial charge on any atom is 0.161 e. The van der Waals surface area contributed by atoms with Gasteiger partial charge < -0.3 is 0 Å². The molecule has 0 radical (unpaired) electrons. The molecule has 72 heavy (non-hydrogen) atoms. The second-order valence-corrected chi connectivity index (χ2v) is 28.7. The third-order valence-electron chi connectivity index (χ3n) is 13.1. The van der Waals surface area contributed by atoms with Crippen molar-refractivity contribution in [2.24, 2.45) is 11.8 Å². The van der Waals surface area contributed by atoms with Gasteiger partial charge in [0.25, 0.3) is 0 Å². The molecule has 2 unspecified atom stereocenters. The molecule has 2 atom stereocenters. The zero-order valence-electron chi connectivity index (χ0n) is 40.2. The van der Waals surface area contributed by atoms with Crippen LogP contribution in [0.15, 0.2) is 85.2 Å². The molecule has 0 spiro atoms. The molecule has 0 aliphatic carbocycles. The normalized spacial score (nSPS) is 12.7. The number of aldehydes is 2. The van der Waals surface area contributed by atoms with Gasteiger partial charge in [0.2, 0.25) is 0 Å². The topological polar surface area (TPSA) is 85.7 Å². The molecule has 10 aromatic heterocycles. The number of rotatable bonds is 22. The molecular weight excluding hydrogens is 1080 g/mol. The van der Waals surface area contributed by atoms with Crippen molar-refractivity contribution in [3.63, 3.8) is 0 Å². The van der Waals surface area contributed by atoms with Crippen LogP contribution in [-0.2, 0) is 12.8 Å². The Morgan fingerprint density at radius 3 is 1.12 bits per heavy atom. The van der Waals surface area contributed by atoms with Gasteiger partial charge in [0.05, 0.1) is 49.7 Å². The summed E-state index contributed by atoms with van der Waals surface area (Å²) in [6.45, 7) is 9.28. The van der Waals surface area contributed by atoms with Crippen LogP contribution in [0.2, 0.25) is 0 Å². The number of unbranched alkanes of at least 4 members (excludes halogenated alkanes) is 2. The molecule has 0 fully saturated rings. The van der Waals surface area contributed by atoms with Gasteiger partial charge in [0.15, 0.2) is 12.6 Å². The van der Waals surface area contributed by atoms with E-state index in [1.54, 1.807) is 57.7 Å². The van der Waals surface area contributed by atoms with Crippen LogP contribution in [-0.4, -0.2) is 32.5 Å². The number of thiazole rings is 4. The van der Waals surface area contributed by atoms with Crippen LogP contribution in [0.4, 0.5) is 0 Å². The molecule has 366 valence electrons. The average Bonchev–Trinajstić information content (AvgIpc) is 4.24. The fourth-order valence-electron chi connectivity index (χ4n) is 9.15. The Hall–Kier alpha value is -4.20. The first-order valence-corrected chi connectivity index (χ1v) is 32.7. The summed E-state index contributed by atoms with van der Waals surface area (Å²) in [4.78, 5) is 59.2. The van der Waals surface area contributed by atoms with Crippen molar-refractivity contribution in [2.45, 2.75) is 91.9 Å². The van der Waals surface area contributed by atoms with Gasteiger partial charge in [-0.25, -0.2) is 19.9 Å². The number of fused-ring (bicyclic) bond motifs is 2. The lowest BCUT2D eigenvalue weighted by atomic mass is 9.95. The van der Waals surface area contributed by atoms with E-state index in [1.165, 1.54) is 134 Å². The summed E-state index contributed by atoms with van der Waals surface area (Å²) in [7, 11) is 0. The molecule has 11 aromatic rings. The number of carbonyl (C=O) groups excluding carboxylic acids is 2. The van der Waals surface area contributed by atoms with E-state index in [-0.39, 0.29) is 0 Å². The maximum atomic E-state index is 11.4. The quantitative estimate of drug-likeness (QED) is 0.0629. The van der Waals surface area contributed by atoms with Crippen molar-refractivity contribution in [1.29, 1.82) is 0 Å². The lowest BCUT2D eigenvalue weighted by Gasteiger charge is -2.13. The molecule has 16 heteroatoms. The van der Waals surface area contributed by atoms with Gasteiger partial charge in [-0.05, 0) is 97.5 Å². The predicted octanol–water partition coefficient (Wildman–Crippen LogP) is 20.7. The van der Waals surface area contributed by atoms with Crippen LogP contribution in [0.1, 0.15) is 108 Å². The molecule has 0 aliphatic heterocycles. The first-order valence-electron chi connectivity index (χ1n) is 24.5. The van der Waals surface area contributed by atoms with E-state index in [0.717, 1.165) is 76.0 Å². The van der Waals surface area contributed by atoms with E-state index in [2.05, 4.69) is 110 Å². The monoisotopic (exact) mass is 1130 g/mol. The molecule has 0 saturated heterocycles. The molecule has 0 bridgehead atoms. The van der Waals surface area contributed by atoms with Crippen LogP contribution >= 0.6 is 113 Å². The van der Waals surface area contributed by atoms with Gasteiger partial charge in [0, 0.05) is 62.5 Å². The third kappa shape index (κ3) is 10.3. The highest BCUT2D eigenvalue weighted by molar-refractivity contribution is 7.31. The molecule has 0 saturated carbocycles. The summed E-state index contributed by atoms with van der Waals surface area (Å²) in [5.74, 6) is 1.35. The summed E-state index contributed by atoms with van der Waals surface area (Å²) < 4.78 is 2.39. The van der Waals surface area contributed by atoms with Crippen molar-refractivity contribution < 1.29 is 9.59 Å². The van der Waals surface area contributed by atoms with Gasteiger partial charge in [-0.2, -0.15) is 0 Å². The van der Waals surface area contributed by atoms with Crippen LogP contribution in [0.3, 0.4) is 0 Å². The molecular formula is C56H50N4O2S10. The summed E-state index contributed by atoms with van der Waals surface area (Å²) in [5.41, 5.74) is 4.52. The number of hydrogen-bond acceptors (Lipinski definition) is 16. The highest BCUT2D eigenvalue weighted by Gasteiger charge is 2.28. The van der Waals surface area contributed by atoms with E-state index >= 15 is 0 Å². The first-order chi connectivity index (χ1) is 35.3. The van der Waals surface area contributed by atoms with Crippen LogP contribution in [0, 0.1) is 11.8 Å². The zero-order chi connectivity index (χ0) is 49.3. The van der Waals surface area contributed by atoms with E-state index < -0.39 is 0 Å². The Morgan fingerprint density at radius 2 is 0.778 bits per heavy atom. The van der Waals surface area contributed by atoms with Gasteiger partial charge in [0.1, 0.15) is 20.0 Å². The minimum atomic E-state index is 0.639. The predicted molar refractivity (Wildman–Crippen MR) is 320 cm³/mol. The number of thiophene rings is 6. The van der Waals surface area contributed by atoms with Crippen molar-refractivity contribution >= 4 is 146 Å². The van der Waals surface area contributed by atoms with Crippen LogP contribution in [0.5, 0.6) is 0 Å². The number of hydrogen-bond donors (Lipinski definition) is 0. The second-order valence-electron chi connectivity index (χ2n) is 17.9. The molecule has 0 aliphatic rings.